The number of pyridine rings is 1. The normalized spacial score (nSPS) is 13.0. The number of hydrogen-bond donors (Lipinski definition) is 1. The van der Waals surface area contributed by atoms with Crippen molar-refractivity contribution in [2.45, 2.75) is 53.0 Å². The summed E-state index contributed by atoms with van der Waals surface area (Å²) in [4.78, 5) is 16.4. The SMILES string of the molecule is CNC(C)c1c(-c2ccc(C(C)=O)cc2)cc(C(C)(C)C)nc1C. The van der Waals surface area contributed by atoms with Crippen LogP contribution in [0.15, 0.2) is 30.3 Å². The lowest BCUT2D eigenvalue weighted by atomic mass is 9.86. The van der Waals surface area contributed by atoms with Crippen LogP contribution in [0.4, 0.5) is 0 Å². The number of hydrogen-bond acceptors (Lipinski definition) is 3. The van der Waals surface area contributed by atoms with Gasteiger partial charge in [0, 0.05) is 28.4 Å². The van der Waals surface area contributed by atoms with E-state index in [-0.39, 0.29) is 17.2 Å². The van der Waals surface area contributed by atoms with E-state index in [2.05, 4.69) is 46.0 Å². The molecule has 0 aliphatic heterocycles. The van der Waals surface area contributed by atoms with E-state index in [1.54, 1.807) is 6.92 Å². The summed E-state index contributed by atoms with van der Waals surface area (Å²) in [6.07, 6.45) is 0. The summed E-state index contributed by atoms with van der Waals surface area (Å²) in [6, 6.07) is 10.3. The van der Waals surface area contributed by atoms with Crippen LogP contribution < -0.4 is 5.32 Å². The molecule has 1 aromatic heterocycles. The van der Waals surface area contributed by atoms with E-state index in [4.69, 9.17) is 4.98 Å². The molecule has 128 valence electrons. The molecule has 1 unspecified atom stereocenters. The lowest BCUT2D eigenvalue weighted by molar-refractivity contribution is 0.101. The number of nitrogens with one attached hydrogen (secondary N) is 1. The Morgan fingerprint density at radius 1 is 1.17 bits per heavy atom. The standard InChI is InChI=1S/C21H28N2O/c1-13(22-7)20-14(2)23-19(21(4,5)6)12-18(20)17-10-8-16(9-11-17)15(3)24/h8-13,22H,1-7H3. The summed E-state index contributed by atoms with van der Waals surface area (Å²) in [5.74, 6) is 0.0895. The largest absolute Gasteiger partial charge is 0.313 e. The molecule has 2 rings (SSSR count). The summed E-state index contributed by atoms with van der Waals surface area (Å²) in [7, 11) is 1.96. The highest BCUT2D eigenvalue weighted by Gasteiger charge is 2.22. The maximum Gasteiger partial charge on any atom is 0.159 e. The van der Waals surface area contributed by atoms with Gasteiger partial charge in [-0.3, -0.25) is 9.78 Å². The molecule has 0 saturated heterocycles. The van der Waals surface area contributed by atoms with Crippen LogP contribution in [0, 0.1) is 6.92 Å². The van der Waals surface area contributed by atoms with Crippen molar-refractivity contribution in [2.24, 2.45) is 0 Å². The highest BCUT2D eigenvalue weighted by molar-refractivity contribution is 5.94. The molecule has 0 aliphatic rings. The first kappa shape index (κ1) is 18.3. The Morgan fingerprint density at radius 2 is 1.75 bits per heavy atom. The predicted octanol–water partition coefficient (Wildman–Crippen LogP) is 4.84. The number of nitrogens with zero attached hydrogens (tertiary/aromatic N) is 1. The average molecular weight is 324 g/mol. The van der Waals surface area contributed by atoms with Crippen molar-refractivity contribution in [1.29, 1.82) is 0 Å². The molecule has 0 radical (unpaired) electrons. The highest BCUT2D eigenvalue weighted by atomic mass is 16.1. The zero-order valence-electron chi connectivity index (χ0n) is 15.8. The van der Waals surface area contributed by atoms with Crippen molar-refractivity contribution in [3.8, 4) is 11.1 Å². The van der Waals surface area contributed by atoms with Crippen LogP contribution in [0.5, 0.6) is 0 Å². The summed E-state index contributed by atoms with van der Waals surface area (Å²) in [5, 5.41) is 3.33. The lowest BCUT2D eigenvalue weighted by Gasteiger charge is -2.24. The van der Waals surface area contributed by atoms with Gasteiger partial charge < -0.3 is 5.32 Å². The molecule has 3 heteroatoms. The van der Waals surface area contributed by atoms with Crippen LogP contribution >= 0.6 is 0 Å². The molecule has 0 spiro atoms. The molecule has 3 nitrogen and oxygen atoms in total. The van der Waals surface area contributed by atoms with Gasteiger partial charge in [0.05, 0.1) is 0 Å². The fourth-order valence-corrected chi connectivity index (χ4v) is 2.88. The van der Waals surface area contributed by atoms with Crippen LogP contribution in [0.3, 0.4) is 0 Å². The van der Waals surface area contributed by atoms with Crippen molar-refractivity contribution < 1.29 is 4.79 Å². The third-order valence-corrected chi connectivity index (χ3v) is 4.49. The van der Waals surface area contributed by atoms with Gasteiger partial charge in [0.2, 0.25) is 0 Å². The Bertz CT molecular complexity index is 740. The molecule has 1 heterocycles. The minimum absolute atomic E-state index is 0.0136. The third kappa shape index (κ3) is 3.73. The van der Waals surface area contributed by atoms with Crippen LogP contribution in [0.1, 0.15) is 68.0 Å². The number of aromatic nitrogens is 1. The predicted molar refractivity (Wildman–Crippen MR) is 101 cm³/mol. The van der Waals surface area contributed by atoms with Crippen molar-refractivity contribution in [2.75, 3.05) is 7.05 Å². The van der Waals surface area contributed by atoms with Gasteiger partial charge in [0.1, 0.15) is 0 Å². The van der Waals surface area contributed by atoms with Gasteiger partial charge in [-0.1, -0.05) is 45.0 Å². The number of Topliss-reactive ketones (excluding diaryl/α,β-unsaturated/α-hetero) is 1. The molecule has 1 aromatic carbocycles. The molecule has 1 N–H and O–H groups in total. The molecule has 0 aliphatic carbocycles. The van der Waals surface area contributed by atoms with E-state index in [0.717, 1.165) is 22.5 Å². The Kier molecular flexibility index (Phi) is 5.24. The molecular weight excluding hydrogens is 296 g/mol. The number of aryl methyl sites for hydroxylation is 1. The molecule has 24 heavy (non-hydrogen) atoms. The molecule has 0 saturated carbocycles. The Balaban J connectivity index is 2.68. The van der Waals surface area contributed by atoms with Crippen molar-refractivity contribution >= 4 is 5.78 Å². The number of rotatable bonds is 4. The Hall–Kier alpha value is -2.00. The lowest BCUT2D eigenvalue weighted by Crippen LogP contribution is -2.19. The summed E-state index contributed by atoms with van der Waals surface area (Å²) < 4.78 is 0. The summed E-state index contributed by atoms with van der Waals surface area (Å²) in [6.45, 7) is 12.4. The van der Waals surface area contributed by atoms with Crippen molar-refractivity contribution in [3.63, 3.8) is 0 Å². The number of benzene rings is 1. The molecule has 0 amide bonds. The van der Waals surface area contributed by atoms with E-state index in [9.17, 15) is 4.79 Å². The van der Waals surface area contributed by atoms with E-state index in [0.29, 0.717) is 0 Å². The van der Waals surface area contributed by atoms with Gasteiger partial charge in [-0.05, 0) is 50.6 Å². The Morgan fingerprint density at radius 3 is 2.21 bits per heavy atom. The van der Waals surface area contributed by atoms with Crippen LogP contribution in [-0.2, 0) is 5.41 Å². The zero-order chi connectivity index (χ0) is 18.1. The second-order valence-corrected chi connectivity index (χ2v) is 7.45. The second-order valence-electron chi connectivity index (χ2n) is 7.45. The van der Waals surface area contributed by atoms with E-state index >= 15 is 0 Å². The molecular formula is C21H28N2O. The molecule has 2 aromatic rings. The first-order chi connectivity index (χ1) is 11.1. The van der Waals surface area contributed by atoms with Gasteiger partial charge in [0.25, 0.3) is 0 Å². The quantitative estimate of drug-likeness (QED) is 0.818. The van der Waals surface area contributed by atoms with Crippen LogP contribution in [0.25, 0.3) is 11.1 Å². The molecule has 0 fully saturated rings. The number of ketones is 1. The maximum absolute atomic E-state index is 11.5. The smallest absolute Gasteiger partial charge is 0.159 e. The third-order valence-electron chi connectivity index (χ3n) is 4.49. The minimum Gasteiger partial charge on any atom is -0.313 e. The molecule has 1 atom stereocenters. The number of carbonyl (C=O) groups is 1. The second kappa shape index (κ2) is 6.86. The fourth-order valence-electron chi connectivity index (χ4n) is 2.88. The highest BCUT2D eigenvalue weighted by Crippen LogP contribution is 2.34. The monoisotopic (exact) mass is 324 g/mol. The topological polar surface area (TPSA) is 42.0 Å². The van der Waals surface area contributed by atoms with Gasteiger partial charge >= 0.3 is 0 Å². The number of carbonyl (C=O) groups excluding carboxylic acids is 1. The Labute approximate surface area is 145 Å². The van der Waals surface area contributed by atoms with Gasteiger partial charge in [-0.15, -0.1) is 0 Å². The summed E-state index contributed by atoms with van der Waals surface area (Å²) >= 11 is 0. The minimum atomic E-state index is -0.0136. The fraction of sp³-hybridized carbons (Fsp3) is 0.429. The van der Waals surface area contributed by atoms with Crippen molar-refractivity contribution in [3.05, 3.63) is 52.8 Å². The zero-order valence-corrected chi connectivity index (χ0v) is 15.8. The van der Waals surface area contributed by atoms with Crippen LogP contribution in [0.2, 0.25) is 0 Å². The van der Waals surface area contributed by atoms with E-state index in [1.165, 1.54) is 11.1 Å². The van der Waals surface area contributed by atoms with E-state index in [1.807, 2.05) is 31.3 Å². The summed E-state index contributed by atoms with van der Waals surface area (Å²) in [5.41, 5.74) is 6.37. The first-order valence-electron chi connectivity index (χ1n) is 8.45. The van der Waals surface area contributed by atoms with Crippen LogP contribution in [-0.4, -0.2) is 17.8 Å². The average Bonchev–Trinajstić information content (AvgIpc) is 2.52. The first-order valence-corrected chi connectivity index (χ1v) is 8.45. The molecule has 0 bridgehead atoms. The maximum atomic E-state index is 11.5. The van der Waals surface area contributed by atoms with Crippen molar-refractivity contribution in [1.82, 2.24) is 10.3 Å². The van der Waals surface area contributed by atoms with Gasteiger partial charge in [0.15, 0.2) is 5.78 Å². The van der Waals surface area contributed by atoms with E-state index < -0.39 is 0 Å². The van der Waals surface area contributed by atoms with Gasteiger partial charge in [-0.25, -0.2) is 0 Å². The van der Waals surface area contributed by atoms with Gasteiger partial charge in [-0.2, -0.15) is 0 Å².